The van der Waals surface area contributed by atoms with Crippen LogP contribution in [0.25, 0.3) is 0 Å². The van der Waals surface area contributed by atoms with Crippen LogP contribution >= 0.6 is 11.3 Å². The van der Waals surface area contributed by atoms with E-state index in [1.807, 2.05) is 42.0 Å². The fraction of sp³-hybridized carbons (Fsp3) is 0.571. The predicted molar refractivity (Wildman–Crippen MR) is 151 cm³/mol. The highest BCUT2D eigenvalue weighted by Crippen LogP contribution is 2.26. The number of amides is 4. The molecule has 10 nitrogen and oxygen atoms in total. The lowest BCUT2D eigenvalue weighted by Crippen LogP contribution is -2.63. The molecule has 0 aliphatic carbocycles. The highest BCUT2D eigenvalue weighted by molar-refractivity contribution is 7.07. The second-order valence-electron chi connectivity index (χ2n) is 10.9. The zero-order chi connectivity index (χ0) is 28.1. The monoisotopic (exact) mass is 556 g/mol. The van der Waals surface area contributed by atoms with Crippen LogP contribution in [0.2, 0.25) is 0 Å². The minimum absolute atomic E-state index is 0.0315. The van der Waals surface area contributed by atoms with E-state index in [0.717, 1.165) is 37.1 Å². The largest absolute Gasteiger partial charge is 0.350 e. The number of carbonyl (C=O) groups is 3. The van der Waals surface area contributed by atoms with E-state index in [1.165, 1.54) is 7.11 Å². The maximum Gasteiger partial charge on any atom is 0.341 e. The van der Waals surface area contributed by atoms with Crippen LogP contribution < -0.4 is 10.8 Å². The lowest BCUT2D eigenvalue weighted by atomic mass is 9.97. The highest BCUT2D eigenvalue weighted by atomic mass is 32.1. The van der Waals surface area contributed by atoms with Gasteiger partial charge in [0.05, 0.1) is 18.4 Å². The molecule has 4 amide bonds. The Morgan fingerprint density at radius 3 is 2.51 bits per heavy atom. The molecular weight excluding hydrogens is 516 g/mol. The summed E-state index contributed by atoms with van der Waals surface area (Å²) in [5.41, 5.74) is 5.88. The van der Waals surface area contributed by atoms with Gasteiger partial charge in [-0.2, -0.15) is 11.3 Å². The van der Waals surface area contributed by atoms with Gasteiger partial charge in [-0.1, -0.05) is 13.8 Å². The van der Waals surface area contributed by atoms with Crippen LogP contribution in [0, 0.1) is 19.8 Å². The van der Waals surface area contributed by atoms with Crippen LogP contribution in [0.3, 0.4) is 0 Å². The van der Waals surface area contributed by atoms with Gasteiger partial charge in [0.15, 0.2) is 0 Å². The number of hydrogen-bond donors (Lipinski definition) is 2. The van der Waals surface area contributed by atoms with Crippen molar-refractivity contribution in [2.45, 2.75) is 59.2 Å². The molecule has 2 fully saturated rings. The summed E-state index contributed by atoms with van der Waals surface area (Å²) in [6.45, 7) is 12.0. The fourth-order valence-electron chi connectivity index (χ4n) is 5.32. The Balaban J connectivity index is 1.31. The van der Waals surface area contributed by atoms with Crippen LogP contribution in [0.4, 0.5) is 4.79 Å². The van der Waals surface area contributed by atoms with Crippen LogP contribution in [0.5, 0.6) is 0 Å². The number of carbonyl (C=O) groups excluding carboxylic acids is 3. The minimum atomic E-state index is -0.217. The smallest absolute Gasteiger partial charge is 0.341 e. The summed E-state index contributed by atoms with van der Waals surface area (Å²) in [6, 6.07) is 3.97. The molecule has 0 atom stereocenters. The summed E-state index contributed by atoms with van der Waals surface area (Å²) in [7, 11) is 1.45. The highest BCUT2D eigenvalue weighted by Gasteiger charge is 2.39. The molecule has 2 aromatic rings. The van der Waals surface area contributed by atoms with Gasteiger partial charge in [-0.15, -0.1) is 0 Å². The zero-order valence-electron chi connectivity index (χ0n) is 23.5. The van der Waals surface area contributed by atoms with Crippen molar-refractivity contribution in [3.63, 3.8) is 0 Å². The molecule has 4 heterocycles. The third-order valence-electron chi connectivity index (χ3n) is 7.50. The van der Waals surface area contributed by atoms with Crippen LogP contribution in [0.1, 0.15) is 64.4 Å². The Morgan fingerprint density at radius 2 is 1.92 bits per heavy atom. The van der Waals surface area contributed by atoms with E-state index in [0.29, 0.717) is 55.1 Å². The van der Waals surface area contributed by atoms with Gasteiger partial charge in [0.25, 0.3) is 11.8 Å². The number of piperidine rings is 1. The second-order valence-corrected chi connectivity index (χ2v) is 11.7. The number of aryl methyl sites for hydroxylation is 2. The first-order valence-electron chi connectivity index (χ1n) is 13.6. The first kappa shape index (κ1) is 29.0. The molecule has 2 aromatic heterocycles. The van der Waals surface area contributed by atoms with Crippen molar-refractivity contribution in [2.75, 3.05) is 39.8 Å². The van der Waals surface area contributed by atoms with Gasteiger partial charge in [-0.25, -0.2) is 15.3 Å². The third-order valence-corrected chi connectivity index (χ3v) is 8.24. The molecule has 2 aliphatic heterocycles. The topological polar surface area (TPSA) is 107 Å². The lowest BCUT2D eigenvalue weighted by Gasteiger charge is -2.48. The Hall–Kier alpha value is -3.02. The molecule has 0 saturated carbocycles. The molecule has 0 spiro atoms. The summed E-state index contributed by atoms with van der Waals surface area (Å²) >= 11 is 1.62. The molecule has 0 bridgehead atoms. The Kier molecular flexibility index (Phi) is 9.58. The summed E-state index contributed by atoms with van der Waals surface area (Å²) in [5.74, 6) is 0.105. The minimum Gasteiger partial charge on any atom is -0.350 e. The van der Waals surface area contributed by atoms with Crippen molar-refractivity contribution in [1.82, 2.24) is 30.5 Å². The quantitative estimate of drug-likeness (QED) is 0.460. The molecule has 39 heavy (non-hydrogen) atoms. The number of urea groups is 1. The molecule has 0 unspecified atom stereocenters. The fourth-order valence-corrected chi connectivity index (χ4v) is 5.98. The number of nitrogens with one attached hydrogen (secondary N) is 2. The van der Waals surface area contributed by atoms with E-state index in [9.17, 15) is 14.4 Å². The van der Waals surface area contributed by atoms with Crippen molar-refractivity contribution >= 4 is 29.2 Å². The van der Waals surface area contributed by atoms with E-state index < -0.39 is 0 Å². The van der Waals surface area contributed by atoms with Crippen molar-refractivity contribution < 1.29 is 19.2 Å². The van der Waals surface area contributed by atoms with Gasteiger partial charge in [0.1, 0.15) is 5.69 Å². The van der Waals surface area contributed by atoms with E-state index in [1.54, 1.807) is 24.3 Å². The number of rotatable bonds is 9. The van der Waals surface area contributed by atoms with Gasteiger partial charge in [0, 0.05) is 51.4 Å². The summed E-state index contributed by atoms with van der Waals surface area (Å²) in [6.07, 6.45) is 1.74. The molecule has 11 heteroatoms. The maximum atomic E-state index is 13.3. The predicted octanol–water partition coefficient (Wildman–Crippen LogP) is 3.21. The summed E-state index contributed by atoms with van der Waals surface area (Å²) in [5, 5.41) is 6.97. The third kappa shape index (κ3) is 6.95. The molecule has 212 valence electrons. The normalized spacial score (nSPS) is 16.7. The Labute approximate surface area is 234 Å². The number of pyridine rings is 1. The zero-order valence-corrected chi connectivity index (χ0v) is 24.3. The van der Waals surface area contributed by atoms with Gasteiger partial charge in [-0.3, -0.25) is 19.3 Å². The van der Waals surface area contributed by atoms with Gasteiger partial charge < -0.3 is 15.1 Å². The molecule has 0 aromatic carbocycles. The first-order chi connectivity index (χ1) is 18.7. The standard InChI is InChI=1S/C28H40N6O4S/c1-18(2)13-29-26(35)24-12-19(3)25(20(4)30-24)27(36)33-15-23(16-33)32-9-6-22(7-10-32)34(28(37)31-38-5)14-21-8-11-39-17-21/h8,11-12,17-18,22-23H,6-7,9-10,13-16H2,1-5H3,(H,29,35)(H,31,37). The number of hydroxylamine groups is 1. The van der Waals surface area contributed by atoms with Crippen molar-refractivity contribution in [1.29, 1.82) is 0 Å². The van der Waals surface area contributed by atoms with E-state index >= 15 is 0 Å². The Bertz CT molecular complexity index is 1130. The van der Waals surface area contributed by atoms with E-state index in [-0.39, 0.29) is 23.9 Å². The molecule has 0 radical (unpaired) electrons. The first-order valence-corrected chi connectivity index (χ1v) is 14.5. The summed E-state index contributed by atoms with van der Waals surface area (Å²) < 4.78 is 0. The van der Waals surface area contributed by atoms with Crippen molar-refractivity contribution in [3.05, 3.63) is 51.0 Å². The van der Waals surface area contributed by atoms with E-state index in [4.69, 9.17) is 4.84 Å². The van der Waals surface area contributed by atoms with Crippen LogP contribution in [-0.4, -0.2) is 89.4 Å². The van der Waals surface area contributed by atoms with Gasteiger partial charge in [-0.05, 0) is 66.6 Å². The molecule has 4 rings (SSSR count). The molecule has 2 N–H and O–H groups in total. The maximum absolute atomic E-state index is 13.3. The van der Waals surface area contributed by atoms with Gasteiger partial charge >= 0.3 is 6.03 Å². The Morgan fingerprint density at radius 1 is 1.21 bits per heavy atom. The number of nitrogens with zero attached hydrogens (tertiary/aromatic N) is 4. The summed E-state index contributed by atoms with van der Waals surface area (Å²) in [4.78, 5) is 54.0. The van der Waals surface area contributed by atoms with Crippen LogP contribution in [-0.2, 0) is 11.4 Å². The number of hydrogen-bond acceptors (Lipinski definition) is 7. The molecular formula is C28H40N6O4S. The average molecular weight is 557 g/mol. The van der Waals surface area contributed by atoms with Crippen molar-refractivity contribution in [2.24, 2.45) is 5.92 Å². The van der Waals surface area contributed by atoms with E-state index in [2.05, 4.69) is 26.1 Å². The molecule has 2 saturated heterocycles. The lowest BCUT2D eigenvalue weighted by molar-refractivity contribution is 0.00705. The number of likely N-dealkylation sites (tertiary alicyclic amines) is 2. The second kappa shape index (κ2) is 12.9. The van der Waals surface area contributed by atoms with Crippen molar-refractivity contribution in [3.8, 4) is 0 Å². The average Bonchev–Trinajstić information content (AvgIpc) is 3.38. The number of aromatic nitrogens is 1. The van der Waals surface area contributed by atoms with Gasteiger partial charge in [0.2, 0.25) is 0 Å². The number of thiophene rings is 1. The van der Waals surface area contributed by atoms with Crippen LogP contribution in [0.15, 0.2) is 22.9 Å². The SMILES string of the molecule is CONC(=O)N(Cc1ccsc1)C1CCN(C2CN(C(=O)c3c(C)cc(C(=O)NCC(C)C)nc3C)C2)CC1. The molecule has 2 aliphatic rings.